The summed E-state index contributed by atoms with van der Waals surface area (Å²) >= 11 is 0. The first-order chi connectivity index (χ1) is 7.59. The second kappa shape index (κ2) is 5.03. The van der Waals surface area contributed by atoms with Gasteiger partial charge in [-0.05, 0) is 13.3 Å². The van der Waals surface area contributed by atoms with Gasteiger partial charge in [0.05, 0.1) is 7.11 Å². The van der Waals surface area contributed by atoms with Gasteiger partial charge in [-0.2, -0.15) is 0 Å². The van der Waals surface area contributed by atoms with E-state index in [4.69, 9.17) is 9.47 Å². The Hall–Kier alpha value is -1.49. The van der Waals surface area contributed by atoms with Gasteiger partial charge in [0.2, 0.25) is 11.7 Å². The number of carbonyl (C=O) groups is 1. The van der Waals surface area contributed by atoms with Crippen molar-refractivity contribution in [2.45, 2.75) is 25.9 Å². The molecule has 0 fully saturated rings. The van der Waals surface area contributed by atoms with Gasteiger partial charge in [0.25, 0.3) is 0 Å². The maximum atomic E-state index is 12.2. The number of Topliss-reactive ketones (excluding diaryl/α,β-unsaturated/α-hetero) is 1. The second-order valence-corrected chi connectivity index (χ2v) is 3.53. The molecule has 0 N–H and O–H groups in total. The Morgan fingerprint density at radius 2 is 2.00 bits per heavy atom. The van der Waals surface area contributed by atoms with Gasteiger partial charge in [-0.25, -0.2) is 9.97 Å². The Bertz CT molecular complexity index is 375. The molecule has 0 spiro atoms. The van der Waals surface area contributed by atoms with Crippen LogP contribution in [0.3, 0.4) is 0 Å². The van der Waals surface area contributed by atoms with Crippen LogP contribution in [0.2, 0.25) is 0 Å². The average molecular weight is 224 g/mol. The number of rotatable bonds is 5. The number of hydrogen-bond acceptors (Lipinski definition) is 5. The van der Waals surface area contributed by atoms with Crippen LogP contribution in [0.4, 0.5) is 0 Å². The Labute approximate surface area is 94.8 Å². The van der Waals surface area contributed by atoms with Crippen molar-refractivity contribution < 1.29 is 14.3 Å². The summed E-state index contributed by atoms with van der Waals surface area (Å²) in [6.07, 6.45) is 3.50. The van der Waals surface area contributed by atoms with Crippen LogP contribution in [0.25, 0.3) is 0 Å². The molecule has 0 amide bonds. The van der Waals surface area contributed by atoms with Crippen LogP contribution in [0.1, 0.15) is 30.8 Å². The number of ether oxygens (including phenoxy) is 2. The second-order valence-electron chi connectivity index (χ2n) is 3.53. The van der Waals surface area contributed by atoms with Crippen LogP contribution in [0.15, 0.2) is 12.4 Å². The largest absolute Gasteiger partial charge is 0.479 e. The predicted molar refractivity (Wildman–Crippen MR) is 58.6 cm³/mol. The fourth-order valence-corrected chi connectivity index (χ4v) is 1.28. The summed E-state index contributed by atoms with van der Waals surface area (Å²) in [6.45, 7) is 3.60. The first-order valence-electron chi connectivity index (χ1n) is 5.04. The molecule has 1 rings (SSSR count). The minimum atomic E-state index is -0.886. The first kappa shape index (κ1) is 12.6. The van der Waals surface area contributed by atoms with E-state index < -0.39 is 5.60 Å². The average Bonchev–Trinajstić information content (AvgIpc) is 2.36. The molecule has 0 bridgehead atoms. The molecule has 1 unspecified atom stereocenters. The number of methoxy groups -OCH3 is 2. The van der Waals surface area contributed by atoms with E-state index in [9.17, 15) is 4.79 Å². The van der Waals surface area contributed by atoms with Crippen LogP contribution in [-0.2, 0) is 4.74 Å². The highest BCUT2D eigenvalue weighted by Crippen LogP contribution is 2.23. The number of carbonyl (C=O) groups excluding carboxylic acids is 1. The lowest BCUT2D eigenvalue weighted by atomic mass is 9.95. The molecule has 1 atom stereocenters. The van der Waals surface area contributed by atoms with Crippen LogP contribution >= 0.6 is 0 Å². The Morgan fingerprint density at radius 3 is 2.50 bits per heavy atom. The zero-order valence-electron chi connectivity index (χ0n) is 9.98. The summed E-state index contributed by atoms with van der Waals surface area (Å²) in [5.41, 5.74) is -0.681. The molecule has 1 aromatic rings. The molecule has 0 saturated carbocycles. The van der Waals surface area contributed by atoms with Crippen molar-refractivity contribution in [3.8, 4) is 5.88 Å². The fraction of sp³-hybridized carbons (Fsp3) is 0.545. The Kier molecular flexibility index (Phi) is 3.95. The maximum absolute atomic E-state index is 12.2. The minimum absolute atomic E-state index is 0.205. The molecule has 16 heavy (non-hydrogen) atoms. The summed E-state index contributed by atoms with van der Waals surface area (Å²) in [5, 5.41) is 0. The highest BCUT2D eigenvalue weighted by Gasteiger charge is 2.35. The van der Waals surface area contributed by atoms with Crippen molar-refractivity contribution >= 4 is 5.78 Å². The van der Waals surface area contributed by atoms with Gasteiger partial charge in [-0.3, -0.25) is 4.79 Å². The molecule has 5 nitrogen and oxygen atoms in total. The Morgan fingerprint density at radius 1 is 1.38 bits per heavy atom. The molecule has 0 saturated heterocycles. The van der Waals surface area contributed by atoms with E-state index in [0.29, 0.717) is 6.42 Å². The van der Waals surface area contributed by atoms with E-state index in [2.05, 4.69) is 9.97 Å². The van der Waals surface area contributed by atoms with E-state index in [1.807, 2.05) is 6.92 Å². The molecular weight excluding hydrogens is 208 g/mol. The molecular formula is C11H16N2O3. The smallest absolute Gasteiger partial charge is 0.243 e. The minimum Gasteiger partial charge on any atom is -0.479 e. The van der Waals surface area contributed by atoms with Crippen molar-refractivity contribution in [2.24, 2.45) is 0 Å². The number of nitrogens with zero attached hydrogens (tertiary/aromatic N) is 2. The number of aromatic nitrogens is 2. The molecule has 0 aliphatic rings. The van der Waals surface area contributed by atoms with Gasteiger partial charge < -0.3 is 9.47 Å². The lowest BCUT2D eigenvalue weighted by molar-refractivity contribution is 0.00986. The fourth-order valence-electron chi connectivity index (χ4n) is 1.28. The van der Waals surface area contributed by atoms with Crippen molar-refractivity contribution in [1.29, 1.82) is 0 Å². The molecule has 1 heterocycles. The molecule has 0 aliphatic carbocycles. The van der Waals surface area contributed by atoms with E-state index in [1.165, 1.54) is 26.6 Å². The lowest BCUT2D eigenvalue weighted by Gasteiger charge is -2.24. The first-order valence-corrected chi connectivity index (χ1v) is 5.04. The topological polar surface area (TPSA) is 61.3 Å². The van der Waals surface area contributed by atoms with E-state index in [1.54, 1.807) is 6.92 Å². The van der Waals surface area contributed by atoms with Gasteiger partial charge in [0.15, 0.2) is 5.69 Å². The lowest BCUT2D eigenvalue weighted by Crippen LogP contribution is -2.37. The van der Waals surface area contributed by atoms with E-state index in [0.717, 1.165) is 0 Å². The normalized spacial score (nSPS) is 14.2. The van der Waals surface area contributed by atoms with Gasteiger partial charge >= 0.3 is 0 Å². The SMILES string of the molecule is CCC(C)(OC)C(=O)c1nccnc1OC. The van der Waals surface area contributed by atoms with Gasteiger partial charge in [0.1, 0.15) is 5.60 Å². The van der Waals surface area contributed by atoms with E-state index in [-0.39, 0.29) is 17.4 Å². The van der Waals surface area contributed by atoms with Gasteiger partial charge in [0, 0.05) is 19.5 Å². The van der Waals surface area contributed by atoms with Crippen LogP contribution in [0, 0.1) is 0 Å². The molecule has 1 aromatic heterocycles. The standard InChI is InChI=1S/C11H16N2O3/c1-5-11(2,16-4)9(14)8-10(15-3)13-7-6-12-8/h6-7H,5H2,1-4H3. The number of hydrogen-bond donors (Lipinski definition) is 0. The predicted octanol–water partition coefficient (Wildman–Crippen LogP) is 1.48. The zero-order valence-corrected chi connectivity index (χ0v) is 9.98. The highest BCUT2D eigenvalue weighted by molar-refractivity contribution is 6.02. The summed E-state index contributed by atoms with van der Waals surface area (Å²) in [5.74, 6) is 0.00618. The molecule has 0 radical (unpaired) electrons. The Balaban J connectivity index is 3.13. The van der Waals surface area contributed by atoms with Crippen molar-refractivity contribution in [2.75, 3.05) is 14.2 Å². The monoisotopic (exact) mass is 224 g/mol. The van der Waals surface area contributed by atoms with Crippen LogP contribution in [0.5, 0.6) is 5.88 Å². The zero-order chi connectivity index (χ0) is 12.2. The number of ketones is 1. The third-order valence-electron chi connectivity index (χ3n) is 2.68. The third-order valence-corrected chi connectivity index (χ3v) is 2.68. The van der Waals surface area contributed by atoms with Crippen molar-refractivity contribution in [3.63, 3.8) is 0 Å². The molecule has 5 heteroatoms. The molecule has 88 valence electrons. The van der Waals surface area contributed by atoms with Gasteiger partial charge in [-0.15, -0.1) is 0 Å². The maximum Gasteiger partial charge on any atom is 0.243 e. The van der Waals surface area contributed by atoms with E-state index >= 15 is 0 Å². The van der Waals surface area contributed by atoms with Crippen molar-refractivity contribution in [3.05, 3.63) is 18.1 Å². The third kappa shape index (κ3) is 2.19. The molecule has 0 aromatic carbocycles. The molecule has 0 aliphatic heterocycles. The summed E-state index contributed by atoms with van der Waals surface area (Å²) in [4.78, 5) is 20.1. The summed E-state index contributed by atoms with van der Waals surface area (Å²) in [7, 11) is 2.96. The van der Waals surface area contributed by atoms with Crippen molar-refractivity contribution in [1.82, 2.24) is 9.97 Å². The quantitative estimate of drug-likeness (QED) is 0.709. The summed E-state index contributed by atoms with van der Waals surface area (Å²) < 4.78 is 10.2. The summed E-state index contributed by atoms with van der Waals surface area (Å²) in [6, 6.07) is 0. The van der Waals surface area contributed by atoms with Gasteiger partial charge in [-0.1, -0.05) is 6.92 Å². The van der Waals surface area contributed by atoms with Crippen LogP contribution in [-0.4, -0.2) is 35.6 Å². The van der Waals surface area contributed by atoms with Crippen LogP contribution < -0.4 is 4.74 Å². The highest BCUT2D eigenvalue weighted by atomic mass is 16.5.